The van der Waals surface area contributed by atoms with Crippen molar-refractivity contribution < 1.29 is 15.0 Å². The molecule has 1 spiro atoms. The van der Waals surface area contributed by atoms with Gasteiger partial charge >= 0.3 is 5.97 Å². The second-order valence-electron chi connectivity index (χ2n) is 9.91. The van der Waals surface area contributed by atoms with Crippen LogP contribution in [-0.4, -0.2) is 43.9 Å². The zero-order valence-electron chi connectivity index (χ0n) is 19.7. The zero-order valence-corrected chi connectivity index (χ0v) is 19.7. The van der Waals surface area contributed by atoms with Crippen LogP contribution in [0.1, 0.15) is 43.0 Å². The fourth-order valence-electron chi connectivity index (χ4n) is 5.36. The van der Waals surface area contributed by atoms with Gasteiger partial charge in [0.1, 0.15) is 5.82 Å². The highest BCUT2D eigenvalue weighted by atomic mass is 16.4. The smallest absolute Gasteiger partial charge is 0.337 e. The summed E-state index contributed by atoms with van der Waals surface area (Å²) >= 11 is 0. The third-order valence-electron chi connectivity index (χ3n) is 7.66. The number of piperidine rings is 1. The van der Waals surface area contributed by atoms with Gasteiger partial charge < -0.3 is 15.1 Å². The molecule has 0 bridgehead atoms. The van der Waals surface area contributed by atoms with Gasteiger partial charge in [-0.15, -0.1) is 0 Å². The molecule has 2 N–H and O–H groups in total. The van der Waals surface area contributed by atoms with Crippen LogP contribution in [0.4, 0.5) is 5.82 Å². The van der Waals surface area contributed by atoms with Crippen molar-refractivity contribution in [1.82, 2.24) is 14.6 Å². The number of nitrogens with zero attached hydrogens (tertiary/aromatic N) is 4. The summed E-state index contributed by atoms with van der Waals surface area (Å²) in [7, 11) is 0. The molecule has 1 aliphatic carbocycles. The number of aromatic nitrogens is 3. The lowest BCUT2D eigenvalue weighted by molar-refractivity contribution is -0.147. The number of benzene rings is 2. The highest BCUT2D eigenvalue weighted by Crippen LogP contribution is 2.54. The van der Waals surface area contributed by atoms with Gasteiger partial charge in [0.05, 0.1) is 11.3 Å². The van der Waals surface area contributed by atoms with E-state index >= 15 is 0 Å². The molecule has 3 heterocycles. The Kier molecular flexibility index (Phi) is 5.11. The molecule has 1 saturated heterocycles. The maximum absolute atomic E-state index is 11.8. The van der Waals surface area contributed by atoms with Crippen LogP contribution < -0.4 is 4.90 Å². The molecule has 1 unspecified atom stereocenters. The van der Waals surface area contributed by atoms with Gasteiger partial charge in [0.25, 0.3) is 0 Å². The van der Waals surface area contributed by atoms with Crippen molar-refractivity contribution in [2.75, 3.05) is 18.0 Å². The Morgan fingerprint density at radius 3 is 2.31 bits per heavy atom. The van der Waals surface area contributed by atoms with Crippen molar-refractivity contribution in [2.24, 2.45) is 5.41 Å². The summed E-state index contributed by atoms with van der Waals surface area (Å²) in [6.07, 6.45) is 3.05. The Bertz CT molecular complexity index is 1420. The fourth-order valence-corrected chi connectivity index (χ4v) is 5.36. The number of aliphatic hydroxyl groups excluding tert-OH is 1. The number of carboxylic acids is 1. The van der Waals surface area contributed by atoms with E-state index in [4.69, 9.17) is 5.10 Å². The summed E-state index contributed by atoms with van der Waals surface area (Å²) in [6.45, 7) is 3.40. The molecule has 35 heavy (non-hydrogen) atoms. The van der Waals surface area contributed by atoms with E-state index in [0.29, 0.717) is 28.1 Å². The number of aliphatic hydroxyl groups is 1. The Balaban J connectivity index is 1.48. The van der Waals surface area contributed by atoms with E-state index in [-0.39, 0.29) is 0 Å². The Morgan fingerprint density at radius 2 is 1.63 bits per heavy atom. The number of hydrogen-bond donors (Lipinski definition) is 2. The van der Waals surface area contributed by atoms with Gasteiger partial charge in [0, 0.05) is 30.4 Å². The molecule has 4 aromatic rings. The van der Waals surface area contributed by atoms with E-state index in [0.717, 1.165) is 48.3 Å². The van der Waals surface area contributed by atoms with Gasteiger partial charge in [-0.3, -0.25) is 0 Å². The van der Waals surface area contributed by atoms with Crippen LogP contribution in [0.15, 0.2) is 60.7 Å². The molecule has 1 atom stereocenters. The van der Waals surface area contributed by atoms with Gasteiger partial charge in [-0.25, -0.2) is 9.78 Å². The van der Waals surface area contributed by atoms with E-state index in [1.165, 1.54) is 12.8 Å². The van der Waals surface area contributed by atoms with Crippen molar-refractivity contribution in [3.63, 3.8) is 0 Å². The molecule has 0 radical (unpaired) electrons. The third-order valence-corrected chi connectivity index (χ3v) is 7.66. The van der Waals surface area contributed by atoms with E-state index in [1.807, 2.05) is 36.4 Å². The monoisotopic (exact) mass is 468 g/mol. The molecule has 2 aromatic heterocycles. The molecule has 178 valence electrons. The predicted octanol–water partition coefficient (Wildman–Crippen LogP) is 4.87. The number of carboxylic acid groups (broad SMARTS) is 1. The summed E-state index contributed by atoms with van der Waals surface area (Å²) in [4.78, 5) is 18.6. The predicted molar refractivity (Wildman–Crippen MR) is 134 cm³/mol. The van der Waals surface area contributed by atoms with Crippen molar-refractivity contribution in [3.8, 4) is 22.4 Å². The van der Waals surface area contributed by atoms with E-state index in [2.05, 4.69) is 34.1 Å². The maximum atomic E-state index is 11.8. The number of anilines is 1. The molecule has 2 aliphatic rings. The summed E-state index contributed by atoms with van der Waals surface area (Å²) in [5, 5.41) is 25.2. The Labute approximate surface area is 203 Å². The van der Waals surface area contributed by atoms with Crippen LogP contribution in [-0.2, 0) is 4.79 Å². The van der Waals surface area contributed by atoms with Crippen LogP contribution in [0.2, 0.25) is 0 Å². The maximum Gasteiger partial charge on any atom is 0.337 e. The largest absolute Gasteiger partial charge is 0.479 e. The summed E-state index contributed by atoms with van der Waals surface area (Å²) in [5.41, 5.74) is 5.88. The van der Waals surface area contributed by atoms with Crippen LogP contribution in [0.3, 0.4) is 0 Å². The standard InChI is InChI=1S/C28H28N4O3/c1-18-24(25(33)27(34)35)26(31-14-12-28(10-11-28)13-15-31)32-23(29-18)17-22(30-32)21-9-5-8-20(16-21)19-6-3-2-4-7-19/h2-9,16-17,25,33H,10-15H2,1H3,(H,34,35). The lowest BCUT2D eigenvalue weighted by Crippen LogP contribution is -2.37. The zero-order chi connectivity index (χ0) is 24.2. The number of aliphatic carboxylic acids is 1. The second kappa shape index (κ2) is 8.20. The fraction of sp³-hybridized carbons (Fsp3) is 0.321. The van der Waals surface area contributed by atoms with E-state index in [1.54, 1.807) is 11.4 Å². The first-order chi connectivity index (χ1) is 16.9. The minimum Gasteiger partial charge on any atom is -0.479 e. The minimum atomic E-state index is -1.66. The van der Waals surface area contributed by atoms with Gasteiger partial charge in [-0.2, -0.15) is 9.61 Å². The van der Waals surface area contributed by atoms with Crippen molar-refractivity contribution in [3.05, 3.63) is 71.9 Å². The summed E-state index contributed by atoms with van der Waals surface area (Å²) in [6, 6.07) is 20.3. The average molecular weight is 469 g/mol. The van der Waals surface area contributed by atoms with Crippen LogP contribution in [0, 0.1) is 12.3 Å². The van der Waals surface area contributed by atoms with Gasteiger partial charge in [-0.1, -0.05) is 48.5 Å². The lowest BCUT2D eigenvalue weighted by Gasteiger charge is -2.35. The Morgan fingerprint density at radius 1 is 0.943 bits per heavy atom. The summed E-state index contributed by atoms with van der Waals surface area (Å²) in [5.74, 6) is -0.641. The van der Waals surface area contributed by atoms with Crippen LogP contribution >= 0.6 is 0 Å². The van der Waals surface area contributed by atoms with E-state index in [9.17, 15) is 15.0 Å². The van der Waals surface area contributed by atoms with Gasteiger partial charge in [0.15, 0.2) is 11.8 Å². The molecule has 1 aliphatic heterocycles. The topological polar surface area (TPSA) is 91.0 Å². The first-order valence-corrected chi connectivity index (χ1v) is 12.2. The molecule has 0 amide bonds. The van der Waals surface area contributed by atoms with Gasteiger partial charge in [0.2, 0.25) is 0 Å². The quantitative estimate of drug-likeness (QED) is 0.434. The van der Waals surface area contributed by atoms with Gasteiger partial charge in [-0.05, 0) is 55.2 Å². The first kappa shape index (κ1) is 21.8. The third kappa shape index (κ3) is 3.86. The lowest BCUT2D eigenvalue weighted by atomic mass is 9.93. The minimum absolute atomic E-state index is 0.324. The molecule has 6 rings (SSSR count). The number of fused-ring (bicyclic) bond motifs is 1. The highest BCUT2D eigenvalue weighted by molar-refractivity contribution is 5.79. The number of hydrogen-bond acceptors (Lipinski definition) is 5. The highest BCUT2D eigenvalue weighted by Gasteiger charge is 2.45. The molecular formula is C28H28N4O3. The first-order valence-electron chi connectivity index (χ1n) is 12.2. The van der Waals surface area contributed by atoms with Crippen LogP contribution in [0.25, 0.3) is 28.0 Å². The molecule has 2 aromatic carbocycles. The molecule has 1 saturated carbocycles. The van der Waals surface area contributed by atoms with Crippen molar-refractivity contribution in [2.45, 2.75) is 38.7 Å². The Hall–Kier alpha value is -3.71. The van der Waals surface area contributed by atoms with Crippen LogP contribution in [0.5, 0.6) is 0 Å². The molecule has 2 fully saturated rings. The normalized spacial score (nSPS) is 17.6. The SMILES string of the molecule is Cc1nc2cc(-c3cccc(-c4ccccc4)c3)nn2c(N2CCC3(CC2)CC3)c1C(O)C(=O)O. The molecule has 7 heteroatoms. The average Bonchev–Trinajstić information content (AvgIpc) is 3.49. The summed E-state index contributed by atoms with van der Waals surface area (Å²) < 4.78 is 1.73. The molecular weight excluding hydrogens is 440 g/mol. The van der Waals surface area contributed by atoms with Crippen molar-refractivity contribution >= 4 is 17.4 Å². The van der Waals surface area contributed by atoms with Crippen molar-refractivity contribution in [1.29, 1.82) is 0 Å². The number of rotatable bonds is 5. The second-order valence-corrected chi connectivity index (χ2v) is 9.91. The molecule has 7 nitrogen and oxygen atoms in total. The number of aryl methyl sites for hydroxylation is 1. The number of carbonyl (C=O) groups is 1. The van der Waals surface area contributed by atoms with E-state index < -0.39 is 12.1 Å².